The number of Topliss-reactive ketones (excluding diaryl/α,β-unsaturated/α-hetero) is 1. The third-order valence-corrected chi connectivity index (χ3v) is 7.11. The first-order valence-electron chi connectivity index (χ1n) is 10.9. The summed E-state index contributed by atoms with van der Waals surface area (Å²) < 4.78 is 21.6. The van der Waals surface area contributed by atoms with Gasteiger partial charge in [-0.2, -0.15) is 0 Å². The SMILES string of the molecule is COc1ccc(/C(O)=C2\C(=O)C(=O)N(c3nc(C)c(C)s3)[C@H]2c2cc(OC)c(OC)c(OC)c2)cc1. The molecule has 1 aromatic heterocycles. The molecule has 0 aliphatic carbocycles. The van der Waals surface area contributed by atoms with Gasteiger partial charge in [0, 0.05) is 10.4 Å². The van der Waals surface area contributed by atoms with E-state index in [2.05, 4.69) is 4.98 Å². The highest BCUT2D eigenvalue weighted by Gasteiger charge is 2.48. The summed E-state index contributed by atoms with van der Waals surface area (Å²) in [5, 5.41) is 11.7. The van der Waals surface area contributed by atoms with Gasteiger partial charge in [0.15, 0.2) is 16.6 Å². The fraction of sp³-hybridized carbons (Fsp3) is 0.269. The highest BCUT2D eigenvalue weighted by atomic mass is 32.1. The van der Waals surface area contributed by atoms with Gasteiger partial charge in [-0.1, -0.05) is 0 Å². The van der Waals surface area contributed by atoms with Gasteiger partial charge in [0.2, 0.25) is 5.75 Å². The number of carbonyl (C=O) groups is 2. The standard InChI is InChI=1S/C26H26N2O7S/c1-13-14(2)36-26(27-13)28-21(16-11-18(33-4)24(35-6)19(12-16)34-5)20(23(30)25(28)31)22(29)15-7-9-17(32-3)10-8-15/h7-12,21,29H,1-6H3/b22-20+/t21-/m0/s1. The molecule has 0 bridgehead atoms. The van der Waals surface area contributed by atoms with Crippen molar-refractivity contribution in [1.29, 1.82) is 0 Å². The van der Waals surface area contributed by atoms with Crippen molar-refractivity contribution in [3.05, 3.63) is 63.7 Å². The zero-order valence-corrected chi connectivity index (χ0v) is 21.6. The van der Waals surface area contributed by atoms with Gasteiger partial charge >= 0.3 is 5.91 Å². The number of nitrogens with zero attached hydrogens (tertiary/aromatic N) is 2. The molecule has 2 heterocycles. The molecular weight excluding hydrogens is 484 g/mol. The first kappa shape index (κ1) is 25.1. The average molecular weight is 511 g/mol. The molecule has 188 valence electrons. The van der Waals surface area contributed by atoms with Crippen LogP contribution < -0.4 is 23.8 Å². The fourth-order valence-corrected chi connectivity index (χ4v) is 5.00. The lowest BCUT2D eigenvalue weighted by Crippen LogP contribution is -2.29. The Morgan fingerprint density at radius 1 is 0.944 bits per heavy atom. The third-order valence-electron chi connectivity index (χ3n) is 6.03. The van der Waals surface area contributed by atoms with E-state index in [1.165, 1.54) is 44.7 Å². The van der Waals surface area contributed by atoms with Crippen molar-refractivity contribution in [1.82, 2.24) is 4.98 Å². The summed E-state index contributed by atoms with van der Waals surface area (Å²) in [6, 6.07) is 8.86. The number of hydrogen-bond donors (Lipinski definition) is 1. The average Bonchev–Trinajstić information content (AvgIpc) is 3.36. The maximum Gasteiger partial charge on any atom is 0.301 e. The minimum absolute atomic E-state index is 0.0788. The third kappa shape index (κ3) is 4.13. The van der Waals surface area contributed by atoms with E-state index in [4.69, 9.17) is 18.9 Å². The summed E-state index contributed by atoms with van der Waals surface area (Å²) in [6.07, 6.45) is 0. The van der Waals surface area contributed by atoms with E-state index >= 15 is 0 Å². The van der Waals surface area contributed by atoms with Crippen LogP contribution in [0, 0.1) is 13.8 Å². The van der Waals surface area contributed by atoms with Crippen molar-refractivity contribution >= 4 is 33.9 Å². The Morgan fingerprint density at radius 2 is 1.56 bits per heavy atom. The van der Waals surface area contributed by atoms with Crippen molar-refractivity contribution in [2.75, 3.05) is 33.3 Å². The van der Waals surface area contributed by atoms with Crippen LogP contribution in [-0.4, -0.2) is 50.2 Å². The fourth-order valence-electron chi connectivity index (χ4n) is 4.07. The molecule has 1 aliphatic rings. The van der Waals surface area contributed by atoms with Crippen molar-refractivity contribution < 1.29 is 33.6 Å². The van der Waals surface area contributed by atoms with Gasteiger partial charge in [-0.25, -0.2) is 4.98 Å². The number of amides is 1. The van der Waals surface area contributed by atoms with Gasteiger partial charge < -0.3 is 24.1 Å². The minimum Gasteiger partial charge on any atom is -0.507 e. The van der Waals surface area contributed by atoms with Crippen molar-refractivity contribution in [2.45, 2.75) is 19.9 Å². The molecule has 1 amide bonds. The van der Waals surface area contributed by atoms with Crippen molar-refractivity contribution in [3.8, 4) is 23.0 Å². The molecular formula is C26H26N2O7S. The molecule has 1 N–H and O–H groups in total. The molecule has 2 aromatic carbocycles. The number of aliphatic hydroxyl groups excluding tert-OH is 1. The van der Waals surface area contributed by atoms with Crippen LogP contribution in [0.5, 0.6) is 23.0 Å². The first-order chi connectivity index (χ1) is 17.2. The van der Waals surface area contributed by atoms with Crippen LogP contribution >= 0.6 is 11.3 Å². The van der Waals surface area contributed by atoms with Crippen LogP contribution in [0.15, 0.2) is 42.0 Å². The zero-order chi connectivity index (χ0) is 26.1. The number of thiazole rings is 1. The van der Waals surface area contributed by atoms with Crippen LogP contribution in [-0.2, 0) is 9.59 Å². The summed E-state index contributed by atoms with van der Waals surface area (Å²) >= 11 is 1.29. The molecule has 4 rings (SSSR count). The molecule has 36 heavy (non-hydrogen) atoms. The lowest BCUT2D eigenvalue weighted by Gasteiger charge is -2.24. The monoisotopic (exact) mass is 510 g/mol. The molecule has 3 aromatic rings. The smallest absolute Gasteiger partial charge is 0.301 e. The van der Waals surface area contributed by atoms with E-state index < -0.39 is 17.7 Å². The summed E-state index contributed by atoms with van der Waals surface area (Å²) in [7, 11) is 5.96. The molecule has 9 nitrogen and oxygen atoms in total. The number of anilines is 1. The predicted octanol–water partition coefficient (Wildman–Crippen LogP) is 4.42. The second kappa shape index (κ2) is 9.90. The molecule has 10 heteroatoms. The summed E-state index contributed by atoms with van der Waals surface area (Å²) in [6.45, 7) is 3.72. The molecule has 1 saturated heterocycles. The van der Waals surface area contributed by atoms with Crippen LogP contribution in [0.25, 0.3) is 5.76 Å². The Bertz CT molecular complexity index is 1320. The van der Waals surface area contributed by atoms with Gasteiger partial charge in [0.25, 0.3) is 5.78 Å². The number of hydrogen-bond acceptors (Lipinski definition) is 9. The number of ether oxygens (including phenoxy) is 4. The van der Waals surface area contributed by atoms with Gasteiger partial charge in [-0.3, -0.25) is 14.5 Å². The van der Waals surface area contributed by atoms with E-state index in [1.807, 2.05) is 13.8 Å². The number of aryl methyl sites for hydroxylation is 2. The number of methoxy groups -OCH3 is 4. The van der Waals surface area contributed by atoms with Gasteiger partial charge in [-0.15, -0.1) is 11.3 Å². The van der Waals surface area contributed by atoms with Gasteiger partial charge in [0.1, 0.15) is 11.5 Å². The van der Waals surface area contributed by atoms with E-state index in [0.717, 1.165) is 10.6 Å². The summed E-state index contributed by atoms with van der Waals surface area (Å²) in [5.74, 6) is -0.312. The van der Waals surface area contributed by atoms with E-state index in [-0.39, 0.29) is 11.3 Å². The van der Waals surface area contributed by atoms with Crippen molar-refractivity contribution in [3.63, 3.8) is 0 Å². The van der Waals surface area contributed by atoms with Gasteiger partial charge in [-0.05, 0) is 55.8 Å². The number of carbonyl (C=O) groups excluding carboxylic acids is 2. The quantitative estimate of drug-likeness (QED) is 0.283. The lowest BCUT2D eigenvalue weighted by atomic mass is 9.94. The molecule has 0 saturated carbocycles. The van der Waals surface area contributed by atoms with Crippen molar-refractivity contribution in [2.24, 2.45) is 0 Å². The van der Waals surface area contributed by atoms with Crippen LogP contribution in [0.2, 0.25) is 0 Å². The largest absolute Gasteiger partial charge is 0.507 e. The number of benzene rings is 2. The van der Waals surface area contributed by atoms with E-state index in [1.54, 1.807) is 36.4 Å². The normalized spacial score (nSPS) is 16.8. The minimum atomic E-state index is -0.995. The summed E-state index contributed by atoms with van der Waals surface area (Å²) in [4.78, 5) is 33.5. The Hall–Kier alpha value is -4.05. The highest BCUT2D eigenvalue weighted by molar-refractivity contribution is 7.16. The van der Waals surface area contributed by atoms with Gasteiger partial charge in [0.05, 0.1) is 45.7 Å². The molecule has 1 atom stereocenters. The Morgan fingerprint density at radius 3 is 2.03 bits per heavy atom. The Kier molecular flexibility index (Phi) is 6.89. The van der Waals surface area contributed by atoms with E-state index in [0.29, 0.717) is 39.3 Å². The van der Waals surface area contributed by atoms with Crippen LogP contribution in [0.1, 0.15) is 27.7 Å². The zero-order valence-electron chi connectivity index (χ0n) is 20.7. The number of rotatable bonds is 7. The van der Waals surface area contributed by atoms with Crippen LogP contribution in [0.4, 0.5) is 5.13 Å². The second-order valence-corrected chi connectivity index (χ2v) is 9.18. The molecule has 1 aliphatic heterocycles. The summed E-state index contributed by atoms with van der Waals surface area (Å²) in [5.41, 5.74) is 1.50. The first-order valence-corrected chi connectivity index (χ1v) is 11.8. The maximum absolute atomic E-state index is 13.4. The lowest BCUT2D eigenvalue weighted by molar-refractivity contribution is -0.132. The molecule has 0 spiro atoms. The predicted molar refractivity (Wildman–Crippen MR) is 135 cm³/mol. The number of ketones is 1. The number of aliphatic hydroxyl groups is 1. The molecule has 0 radical (unpaired) electrons. The number of aromatic nitrogens is 1. The highest BCUT2D eigenvalue weighted by Crippen LogP contribution is 2.48. The maximum atomic E-state index is 13.4. The van der Waals surface area contributed by atoms with Crippen LogP contribution in [0.3, 0.4) is 0 Å². The second-order valence-electron chi connectivity index (χ2n) is 7.99. The molecule has 0 unspecified atom stereocenters. The molecule has 1 fully saturated rings. The van der Waals surface area contributed by atoms with E-state index in [9.17, 15) is 14.7 Å². The topological polar surface area (TPSA) is 107 Å². The Labute approximate surface area is 212 Å². The Balaban J connectivity index is 2.00.